The molecule has 2 aromatic carbocycles. The number of para-hydroxylation sites is 1. The third-order valence-electron chi connectivity index (χ3n) is 3.13. The van der Waals surface area contributed by atoms with Crippen LogP contribution in [0.4, 0.5) is 14.5 Å². The Labute approximate surface area is 136 Å². The van der Waals surface area contributed by atoms with Crippen LogP contribution < -0.4 is 10.9 Å². The molecule has 0 atom stereocenters. The largest absolute Gasteiger partial charge is 0.422 e. The summed E-state index contributed by atoms with van der Waals surface area (Å²) in [7, 11) is 0. The molecule has 3 rings (SSSR count). The molecule has 0 aliphatic rings. The molecule has 0 spiro atoms. The summed E-state index contributed by atoms with van der Waals surface area (Å²) in [6.07, 6.45) is 0. The van der Waals surface area contributed by atoms with Crippen LogP contribution in [-0.2, 0) is 0 Å². The summed E-state index contributed by atoms with van der Waals surface area (Å²) in [6, 6.07) is 9.66. The Morgan fingerprint density at radius 1 is 1.13 bits per heavy atom. The average molecular weight is 380 g/mol. The fourth-order valence-corrected chi connectivity index (χ4v) is 2.57. The molecule has 0 saturated heterocycles. The fourth-order valence-electron chi connectivity index (χ4n) is 2.06. The third kappa shape index (κ3) is 3.00. The van der Waals surface area contributed by atoms with E-state index in [0.29, 0.717) is 17.0 Å². The van der Waals surface area contributed by atoms with E-state index < -0.39 is 23.2 Å². The highest BCUT2D eigenvalue weighted by molar-refractivity contribution is 9.10. The van der Waals surface area contributed by atoms with Crippen LogP contribution in [0.5, 0.6) is 0 Å². The zero-order chi connectivity index (χ0) is 16.6. The molecule has 7 heteroatoms. The van der Waals surface area contributed by atoms with Crippen molar-refractivity contribution in [3.63, 3.8) is 0 Å². The molecule has 4 nitrogen and oxygen atoms in total. The van der Waals surface area contributed by atoms with Gasteiger partial charge >= 0.3 is 5.63 Å². The highest BCUT2D eigenvalue weighted by atomic mass is 79.9. The number of rotatable bonds is 2. The van der Waals surface area contributed by atoms with Crippen molar-refractivity contribution in [1.82, 2.24) is 0 Å². The maximum absolute atomic E-state index is 13.8. The highest BCUT2D eigenvalue weighted by Gasteiger charge is 2.18. The fraction of sp³-hybridized carbons (Fsp3) is 0. The van der Waals surface area contributed by atoms with Crippen LogP contribution >= 0.6 is 15.9 Å². The van der Waals surface area contributed by atoms with E-state index in [-0.39, 0.29) is 15.7 Å². The number of nitrogens with one attached hydrogen (secondary N) is 1. The van der Waals surface area contributed by atoms with Gasteiger partial charge in [-0.3, -0.25) is 4.79 Å². The smallest absolute Gasteiger partial charge is 0.349 e. The molecule has 116 valence electrons. The number of halogens is 3. The van der Waals surface area contributed by atoms with Gasteiger partial charge in [0.1, 0.15) is 17.0 Å². The van der Waals surface area contributed by atoms with Crippen LogP contribution in [0.25, 0.3) is 11.0 Å². The second-order valence-electron chi connectivity index (χ2n) is 4.68. The van der Waals surface area contributed by atoms with Crippen molar-refractivity contribution in [2.45, 2.75) is 0 Å². The number of benzene rings is 2. The molecule has 23 heavy (non-hydrogen) atoms. The molecule has 0 fully saturated rings. The summed E-state index contributed by atoms with van der Waals surface area (Å²) < 4.78 is 31.9. The number of anilines is 1. The second-order valence-corrected chi connectivity index (χ2v) is 5.54. The van der Waals surface area contributed by atoms with Crippen LogP contribution in [0, 0.1) is 11.6 Å². The maximum atomic E-state index is 13.8. The van der Waals surface area contributed by atoms with E-state index in [4.69, 9.17) is 4.42 Å². The molecule has 0 aliphatic heterocycles. The first-order valence-electron chi connectivity index (χ1n) is 6.44. The van der Waals surface area contributed by atoms with Crippen molar-refractivity contribution in [1.29, 1.82) is 0 Å². The number of hydrogen-bond acceptors (Lipinski definition) is 3. The SMILES string of the molecule is O=C(Nc1c(F)cc(F)cc1Br)c1cc2ccccc2oc1=O. The Kier molecular flexibility index (Phi) is 3.96. The predicted octanol–water partition coefficient (Wildman–Crippen LogP) is 4.09. The van der Waals surface area contributed by atoms with Crippen LogP contribution in [0.15, 0.2) is 56.1 Å². The topological polar surface area (TPSA) is 59.3 Å². The van der Waals surface area contributed by atoms with Crippen LogP contribution in [0.2, 0.25) is 0 Å². The monoisotopic (exact) mass is 379 g/mol. The Hall–Kier alpha value is -2.54. The molecular formula is C16H8BrF2NO3. The van der Waals surface area contributed by atoms with Gasteiger partial charge in [-0.25, -0.2) is 13.6 Å². The lowest BCUT2D eigenvalue weighted by atomic mass is 10.1. The summed E-state index contributed by atoms with van der Waals surface area (Å²) in [6.45, 7) is 0. The molecule has 1 N–H and O–H groups in total. The minimum absolute atomic E-state index is 0.0218. The summed E-state index contributed by atoms with van der Waals surface area (Å²) >= 11 is 2.96. The maximum Gasteiger partial charge on any atom is 0.349 e. The molecule has 1 amide bonds. The zero-order valence-electron chi connectivity index (χ0n) is 11.4. The molecule has 1 aromatic heterocycles. The first-order valence-corrected chi connectivity index (χ1v) is 7.24. The Bertz CT molecular complexity index is 961. The minimum Gasteiger partial charge on any atom is -0.422 e. The van der Waals surface area contributed by atoms with Crippen LogP contribution in [0.1, 0.15) is 10.4 Å². The summed E-state index contributed by atoms with van der Waals surface area (Å²) in [5, 5.41) is 2.79. The van der Waals surface area contributed by atoms with Crippen molar-refractivity contribution in [2.75, 3.05) is 5.32 Å². The Morgan fingerprint density at radius 3 is 2.61 bits per heavy atom. The minimum atomic E-state index is -0.963. The van der Waals surface area contributed by atoms with Gasteiger partial charge in [0.05, 0.1) is 5.69 Å². The molecular weight excluding hydrogens is 372 g/mol. The van der Waals surface area contributed by atoms with Crippen LogP contribution in [-0.4, -0.2) is 5.91 Å². The molecule has 0 bridgehead atoms. The van der Waals surface area contributed by atoms with Crippen molar-refractivity contribution in [3.05, 3.63) is 74.6 Å². The first kappa shape index (κ1) is 15.4. The van der Waals surface area contributed by atoms with Crippen molar-refractivity contribution >= 4 is 38.5 Å². The van der Waals surface area contributed by atoms with Crippen molar-refractivity contribution in [2.24, 2.45) is 0 Å². The van der Waals surface area contributed by atoms with Gasteiger partial charge in [-0.05, 0) is 34.1 Å². The quantitative estimate of drug-likeness (QED) is 0.682. The van der Waals surface area contributed by atoms with Crippen molar-refractivity contribution < 1.29 is 18.0 Å². The predicted molar refractivity (Wildman–Crippen MR) is 84.5 cm³/mol. The molecule has 0 radical (unpaired) electrons. The lowest BCUT2D eigenvalue weighted by Crippen LogP contribution is -2.21. The van der Waals surface area contributed by atoms with Gasteiger partial charge in [0.15, 0.2) is 5.82 Å². The van der Waals surface area contributed by atoms with E-state index in [9.17, 15) is 18.4 Å². The molecule has 3 aromatic rings. The number of carbonyl (C=O) groups is 1. The van der Waals surface area contributed by atoms with E-state index in [0.717, 1.165) is 6.07 Å². The molecule has 0 aliphatic carbocycles. The van der Waals surface area contributed by atoms with Gasteiger partial charge in [-0.15, -0.1) is 0 Å². The summed E-state index contributed by atoms with van der Waals surface area (Å²) in [5.41, 5.74) is -1.05. The van der Waals surface area contributed by atoms with Gasteiger partial charge in [0.2, 0.25) is 0 Å². The van der Waals surface area contributed by atoms with Gasteiger partial charge < -0.3 is 9.73 Å². The molecule has 0 unspecified atom stereocenters. The van der Waals surface area contributed by atoms with E-state index in [2.05, 4.69) is 21.2 Å². The number of carbonyl (C=O) groups excluding carboxylic acids is 1. The van der Waals surface area contributed by atoms with E-state index in [1.54, 1.807) is 24.3 Å². The average Bonchev–Trinajstić information content (AvgIpc) is 2.50. The van der Waals surface area contributed by atoms with Crippen molar-refractivity contribution in [3.8, 4) is 0 Å². The lowest BCUT2D eigenvalue weighted by Gasteiger charge is -2.08. The standard InChI is InChI=1S/C16H8BrF2NO3/c17-11-6-9(18)7-12(19)14(11)20-15(21)10-5-8-3-1-2-4-13(8)23-16(10)22/h1-7H,(H,20,21). The molecule has 1 heterocycles. The highest BCUT2D eigenvalue weighted by Crippen LogP contribution is 2.27. The van der Waals surface area contributed by atoms with E-state index >= 15 is 0 Å². The summed E-state index contributed by atoms with van der Waals surface area (Å²) in [4.78, 5) is 24.1. The lowest BCUT2D eigenvalue weighted by molar-refractivity contribution is 0.102. The Morgan fingerprint density at radius 2 is 1.87 bits per heavy atom. The number of hydrogen-bond donors (Lipinski definition) is 1. The number of fused-ring (bicyclic) bond motifs is 1. The third-order valence-corrected chi connectivity index (χ3v) is 3.76. The molecule has 0 saturated carbocycles. The second kappa shape index (κ2) is 5.92. The van der Waals surface area contributed by atoms with E-state index in [1.165, 1.54) is 6.07 Å². The van der Waals surface area contributed by atoms with Gasteiger partial charge in [0.25, 0.3) is 5.91 Å². The van der Waals surface area contributed by atoms with E-state index in [1.807, 2.05) is 0 Å². The Balaban J connectivity index is 2.02. The number of amides is 1. The van der Waals surface area contributed by atoms with Crippen LogP contribution in [0.3, 0.4) is 0 Å². The normalized spacial score (nSPS) is 10.7. The van der Waals surface area contributed by atoms with Gasteiger partial charge in [-0.2, -0.15) is 0 Å². The van der Waals surface area contributed by atoms with Gasteiger partial charge in [-0.1, -0.05) is 18.2 Å². The first-order chi connectivity index (χ1) is 11.0. The summed E-state index contributed by atoms with van der Waals surface area (Å²) in [5.74, 6) is -2.61. The van der Waals surface area contributed by atoms with Gasteiger partial charge in [0, 0.05) is 15.9 Å². The zero-order valence-corrected chi connectivity index (χ0v) is 13.0.